The topological polar surface area (TPSA) is 102 Å². The second-order valence-corrected chi connectivity index (χ2v) is 11.1. The lowest BCUT2D eigenvalue weighted by atomic mass is 9.89. The maximum absolute atomic E-state index is 14.8. The quantitative estimate of drug-likeness (QED) is 0.312. The Bertz CT molecular complexity index is 1740. The molecule has 2 aromatic heterocycles. The fraction of sp³-hybridized carbons (Fsp3) is 0.233. The van der Waals surface area contributed by atoms with E-state index in [2.05, 4.69) is 21.5 Å². The van der Waals surface area contributed by atoms with Crippen LogP contribution in [0.15, 0.2) is 82.6 Å². The van der Waals surface area contributed by atoms with Gasteiger partial charge in [0.2, 0.25) is 0 Å². The number of ether oxygens (including phenoxy) is 1. The maximum atomic E-state index is 14.8. The average Bonchev–Trinajstić information content (AvgIpc) is 3.61. The lowest BCUT2D eigenvalue weighted by Gasteiger charge is -2.36. The zero-order valence-corrected chi connectivity index (χ0v) is 22.8. The van der Waals surface area contributed by atoms with E-state index in [1.165, 1.54) is 19.5 Å². The molecule has 1 saturated carbocycles. The number of allylic oxidation sites excluding steroid dienone is 3. The molecule has 2 atom stereocenters. The van der Waals surface area contributed by atoms with Crippen LogP contribution >= 0.6 is 11.8 Å². The third kappa shape index (κ3) is 3.89. The predicted octanol–water partition coefficient (Wildman–Crippen LogP) is 5.71. The number of benzene rings is 2. The van der Waals surface area contributed by atoms with E-state index in [1.807, 2.05) is 46.8 Å². The molecule has 10 heteroatoms. The Labute approximate surface area is 234 Å². The van der Waals surface area contributed by atoms with Crippen LogP contribution < -0.4 is 10.5 Å². The lowest BCUT2D eigenvalue weighted by molar-refractivity contribution is 0.109. The highest BCUT2D eigenvalue weighted by Gasteiger charge is 2.43. The summed E-state index contributed by atoms with van der Waals surface area (Å²) in [6.07, 6.45) is 4.76. The summed E-state index contributed by atoms with van der Waals surface area (Å²) in [5.41, 5.74) is 11.8. The third-order valence-corrected chi connectivity index (χ3v) is 8.75. The molecule has 1 aliphatic carbocycles. The van der Waals surface area contributed by atoms with Crippen molar-refractivity contribution in [2.75, 3.05) is 12.8 Å². The Morgan fingerprint density at radius 3 is 2.65 bits per heavy atom. The number of nitrogen functional groups attached to an aromatic ring is 1. The molecular weight excluding hydrogens is 527 g/mol. The molecule has 1 unspecified atom stereocenters. The van der Waals surface area contributed by atoms with Crippen LogP contribution in [0.25, 0.3) is 27.9 Å². The highest BCUT2D eigenvalue weighted by molar-refractivity contribution is 8.06. The summed E-state index contributed by atoms with van der Waals surface area (Å²) in [7, 11) is 1.43. The number of hydrogen-bond acceptors (Lipinski definition) is 8. The smallest absolute Gasteiger partial charge is 0.165 e. The second kappa shape index (κ2) is 9.50. The number of fused-ring (bicyclic) bond motifs is 2. The lowest BCUT2D eigenvalue weighted by Crippen LogP contribution is -2.36. The van der Waals surface area contributed by atoms with Crippen molar-refractivity contribution >= 4 is 34.2 Å². The Kier molecular flexibility index (Phi) is 5.90. The van der Waals surface area contributed by atoms with E-state index in [9.17, 15) is 9.50 Å². The van der Waals surface area contributed by atoms with E-state index in [-0.39, 0.29) is 23.5 Å². The van der Waals surface area contributed by atoms with Gasteiger partial charge in [0.1, 0.15) is 17.8 Å². The van der Waals surface area contributed by atoms with Crippen molar-refractivity contribution in [2.45, 2.75) is 32.0 Å². The Hall–Kier alpha value is -4.15. The number of aliphatic hydroxyl groups excluding tert-OH is 1. The maximum Gasteiger partial charge on any atom is 0.165 e. The minimum absolute atomic E-state index is 0.149. The standard InChI is InChI=1S/C30H27FN6O2S/c1-16-14-40-23-13-20(24(30(38)36(16)23)17-6-4-3-5-7-17)27(18-8-9-18)37-29-25(28(32)33-15-34-29)26(35-37)19-10-11-22(39-2)21(31)12-19/h3-7,10-15,18,27,30,38H,8-9H2,1-2H3,(H2,32,33,34)/t27?,30-/m0/s1. The van der Waals surface area contributed by atoms with Crippen LogP contribution in [0.5, 0.6) is 5.75 Å². The van der Waals surface area contributed by atoms with Gasteiger partial charge in [0.15, 0.2) is 23.4 Å². The molecule has 1 fully saturated rings. The first-order valence-electron chi connectivity index (χ1n) is 13.1. The largest absolute Gasteiger partial charge is 0.494 e. The normalized spacial score (nSPS) is 19.5. The summed E-state index contributed by atoms with van der Waals surface area (Å²) >= 11 is 1.60. The van der Waals surface area contributed by atoms with Crippen molar-refractivity contribution in [2.24, 2.45) is 5.92 Å². The van der Waals surface area contributed by atoms with Gasteiger partial charge in [-0.1, -0.05) is 42.1 Å². The SMILES string of the molecule is COc1ccc(-c2nn(C(C3=C(c4ccccc4)[C@H](O)N4C(C)=CSC4=C3)C3CC3)c3ncnc(N)c23)cc1F. The zero-order valence-electron chi connectivity index (χ0n) is 22.0. The number of methoxy groups -OCH3 is 1. The molecule has 2 aliphatic heterocycles. The van der Waals surface area contributed by atoms with Gasteiger partial charge in [0, 0.05) is 16.8 Å². The van der Waals surface area contributed by atoms with E-state index in [4.69, 9.17) is 15.6 Å². The summed E-state index contributed by atoms with van der Waals surface area (Å²) in [4.78, 5) is 10.8. The van der Waals surface area contributed by atoms with Crippen LogP contribution in [0.1, 0.15) is 31.4 Å². The summed E-state index contributed by atoms with van der Waals surface area (Å²) in [6.45, 7) is 2.00. The third-order valence-electron chi connectivity index (χ3n) is 7.74. The number of aliphatic hydroxyl groups is 1. The van der Waals surface area contributed by atoms with E-state index in [1.54, 1.807) is 23.9 Å². The molecule has 0 amide bonds. The van der Waals surface area contributed by atoms with E-state index in [0.717, 1.165) is 40.3 Å². The Morgan fingerprint density at radius 2 is 1.93 bits per heavy atom. The number of aromatic nitrogens is 4. The number of halogens is 1. The van der Waals surface area contributed by atoms with Gasteiger partial charge in [-0.05, 0) is 66.5 Å². The molecule has 40 heavy (non-hydrogen) atoms. The number of hydrogen-bond donors (Lipinski definition) is 2. The molecule has 0 saturated heterocycles. The summed E-state index contributed by atoms with van der Waals surface area (Å²) in [5.74, 6) is 0.209. The van der Waals surface area contributed by atoms with Gasteiger partial charge in [0.05, 0.1) is 23.6 Å². The Balaban J connectivity index is 1.48. The minimum atomic E-state index is -0.860. The fourth-order valence-electron chi connectivity index (χ4n) is 5.72. The number of rotatable bonds is 6. The first kappa shape index (κ1) is 24.9. The van der Waals surface area contributed by atoms with Crippen LogP contribution in [-0.4, -0.2) is 43.1 Å². The molecule has 4 aromatic rings. The molecule has 2 aromatic carbocycles. The number of thioether (sulfide) groups is 1. The average molecular weight is 555 g/mol. The van der Waals surface area contributed by atoms with Crippen LogP contribution in [0.2, 0.25) is 0 Å². The van der Waals surface area contributed by atoms with Gasteiger partial charge in [-0.15, -0.1) is 0 Å². The number of anilines is 1. The van der Waals surface area contributed by atoms with E-state index >= 15 is 0 Å². The van der Waals surface area contributed by atoms with Gasteiger partial charge in [0.25, 0.3) is 0 Å². The highest BCUT2D eigenvalue weighted by Crippen LogP contribution is 2.52. The first-order valence-corrected chi connectivity index (χ1v) is 14.0. The van der Waals surface area contributed by atoms with Crippen molar-refractivity contribution in [3.63, 3.8) is 0 Å². The predicted molar refractivity (Wildman–Crippen MR) is 154 cm³/mol. The first-order chi connectivity index (χ1) is 19.5. The molecule has 8 nitrogen and oxygen atoms in total. The molecule has 3 aliphatic rings. The highest BCUT2D eigenvalue weighted by atomic mass is 32.2. The van der Waals surface area contributed by atoms with Crippen LogP contribution in [0.4, 0.5) is 10.2 Å². The molecule has 4 heterocycles. The molecule has 3 N–H and O–H groups in total. The van der Waals surface area contributed by atoms with Crippen molar-refractivity contribution in [3.8, 4) is 17.0 Å². The fourth-order valence-corrected chi connectivity index (χ4v) is 6.68. The monoisotopic (exact) mass is 554 g/mol. The van der Waals surface area contributed by atoms with Crippen molar-refractivity contribution in [3.05, 3.63) is 94.0 Å². The van der Waals surface area contributed by atoms with E-state index in [0.29, 0.717) is 22.3 Å². The summed E-state index contributed by atoms with van der Waals surface area (Å²) in [6, 6.07) is 14.5. The van der Waals surface area contributed by atoms with Crippen molar-refractivity contribution < 1.29 is 14.2 Å². The van der Waals surface area contributed by atoms with Gasteiger partial charge in [-0.3, -0.25) is 0 Å². The van der Waals surface area contributed by atoms with Crippen LogP contribution in [0, 0.1) is 11.7 Å². The molecule has 0 bridgehead atoms. The van der Waals surface area contributed by atoms with Gasteiger partial charge >= 0.3 is 0 Å². The van der Waals surface area contributed by atoms with Crippen LogP contribution in [-0.2, 0) is 0 Å². The van der Waals surface area contributed by atoms with Crippen LogP contribution in [0.3, 0.4) is 0 Å². The molecule has 202 valence electrons. The van der Waals surface area contributed by atoms with Gasteiger partial charge in [-0.2, -0.15) is 5.10 Å². The van der Waals surface area contributed by atoms with Crippen molar-refractivity contribution in [1.29, 1.82) is 0 Å². The molecule has 0 radical (unpaired) electrons. The molecule has 0 spiro atoms. The zero-order chi connectivity index (χ0) is 27.5. The number of nitrogens with two attached hydrogens (primary N) is 1. The summed E-state index contributed by atoms with van der Waals surface area (Å²) in [5, 5.41) is 20.4. The second-order valence-electron chi connectivity index (χ2n) is 10.2. The van der Waals surface area contributed by atoms with Gasteiger partial charge in [-0.25, -0.2) is 19.0 Å². The van der Waals surface area contributed by atoms with Gasteiger partial charge < -0.3 is 20.5 Å². The van der Waals surface area contributed by atoms with E-state index < -0.39 is 12.0 Å². The Morgan fingerprint density at radius 1 is 1.12 bits per heavy atom. The van der Waals surface area contributed by atoms with Crippen molar-refractivity contribution in [1.82, 2.24) is 24.6 Å². The summed E-state index contributed by atoms with van der Waals surface area (Å²) < 4.78 is 21.8. The minimum Gasteiger partial charge on any atom is -0.494 e. The number of nitrogens with zero attached hydrogens (tertiary/aromatic N) is 5. The molecular formula is C30H27FN6O2S. The molecule has 7 rings (SSSR count).